The summed E-state index contributed by atoms with van der Waals surface area (Å²) in [6.45, 7) is 0.469. The molecule has 4 saturated carbocycles. The molecular weight excluding hydrogens is 386 g/mol. The van der Waals surface area contributed by atoms with Crippen LogP contribution in [0.1, 0.15) is 44.9 Å². The largest absolute Gasteiger partial charge is 0.455 e. The monoisotopic (exact) mass is 415 g/mol. The van der Waals surface area contributed by atoms with Crippen molar-refractivity contribution in [2.75, 3.05) is 30.4 Å². The molecule has 5 fully saturated rings. The summed E-state index contributed by atoms with van der Waals surface area (Å²) in [5.74, 6) is 2.31. The predicted octanol–water partition coefficient (Wildman–Crippen LogP) is 1.78. The van der Waals surface area contributed by atoms with Crippen molar-refractivity contribution in [2.24, 2.45) is 23.2 Å². The molecule has 1 N–H and O–H groups in total. The average molecular weight is 416 g/mol. The van der Waals surface area contributed by atoms with Crippen LogP contribution in [-0.4, -0.2) is 56.0 Å². The van der Waals surface area contributed by atoms with Gasteiger partial charge in [-0.1, -0.05) is 0 Å². The van der Waals surface area contributed by atoms with Gasteiger partial charge in [-0.25, -0.2) is 8.42 Å². The minimum absolute atomic E-state index is 0.0348. The van der Waals surface area contributed by atoms with Gasteiger partial charge in [-0.05, 0) is 68.1 Å². The minimum atomic E-state index is -2.93. The van der Waals surface area contributed by atoms with Gasteiger partial charge < -0.3 is 10.1 Å². The molecule has 0 unspecified atom stereocenters. The van der Waals surface area contributed by atoms with Crippen LogP contribution in [0.2, 0.25) is 0 Å². The Bertz CT molecular complexity index is 670. The van der Waals surface area contributed by atoms with Gasteiger partial charge in [0.15, 0.2) is 16.4 Å². The maximum atomic E-state index is 12.1. The van der Waals surface area contributed by atoms with Crippen LogP contribution in [0, 0.1) is 23.2 Å². The van der Waals surface area contributed by atoms with E-state index in [1.807, 2.05) is 0 Å². The van der Waals surface area contributed by atoms with Crippen molar-refractivity contribution in [1.82, 2.24) is 5.32 Å². The average Bonchev–Trinajstić information content (AvgIpc) is 2.94. The van der Waals surface area contributed by atoms with Gasteiger partial charge in [0, 0.05) is 11.8 Å². The van der Waals surface area contributed by atoms with Gasteiger partial charge in [0.25, 0.3) is 5.91 Å². The zero-order valence-electron chi connectivity index (χ0n) is 15.7. The van der Waals surface area contributed by atoms with Gasteiger partial charge in [-0.3, -0.25) is 9.59 Å². The van der Waals surface area contributed by atoms with Crippen molar-refractivity contribution in [1.29, 1.82) is 0 Å². The molecule has 0 radical (unpaired) electrons. The number of ether oxygens (including phenoxy) is 1. The molecule has 4 bridgehead atoms. The smallest absolute Gasteiger partial charge is 0.316 e. The van der Waals surface area contributed by atoms with E-state index in [-0.39, 0.29) is 40.4 Å². The summed E-state index contributed by atoms with van der Waals surface area (Å²) >= 11 is 1.31. The molecular formula is C19H29NO5S2. The number of rotatable bonds is 7. The topological polar surface area (TPSA) is 89.5 Å². The Morgan fingerprint density at radius 2 is 1.70 bits per heavy atom. The summed E-state index contributed by atoms with van der Waals surface area (Å²) in [6, 6.07) is 0. The highest BCUT2D eigenvalue weighted by Crippen LogP contribution is 2.59. The molecule has 27 heavy (non-hydrogen) atoms. The van der Waals surface area contributed by atoms with Crippen LogP contribution in [-0.2, 0) is 24.2 Å². The first-order chi connectivity index (χ1) is 12.8. The normalized spacial score (nSPS) is 38.7. The Morgan fingerprint density at radius 3 is 2.26 bits per heavy atom. The van der Waals surface area contributed by atoms with Crippen LogP contribution >= 0.6 is 11.8 Å². The van der Waals surface area contributed by atoms with Crippen molar-refractivity contribution in [3.8, 4) is 0 Å². The quantitative estimate of drug-likeness (QED) is 0.638. The molecule has 8 heteroatoms. The molecule has 1 aliphatic heterocycles. The van der Waals surface area contributed by atoms with E-state index in [0.29, 0.717) is 13.0 Å². The maximum absolute atomic E-state index is 12.1. The number of carbonyl (C=O) groups is 2. The fourth-order valence-electron chi connectivity index (χ4n) is 6.11. The Kier molecular flexibility index (Phi) is 5.49. The molecule has 1 atom stereocenters. The SMILES string of the molecule is O=C(COC(=O)CS[C@H]1CCS(=O)(=O)C1)NCC12CC3CC(CC(C3)C1)C2. The van der Waals surface area contributed by atoms with E-state index in [9.17, 15) is 18.0 Å². The molecule has 152 valence electrons. The van der Waals surface area contributed by atoms with E-state index in [2.05, 4.69) is 5.32 Å². The molecule has 5 rings (SSSR count). The lowest BCUT2D eigenvalue weighted by Gasteiger charge is -2.56. The third kappa shape index (κ3) is 4.81. The Balaban J connectivity index is 1.14. The van der Waals surface area contributed by atoms with Gasteiger partial charge in [0.05, 0.1) is 17.3 Å². The van der Waals surface area contributed by atoms with E-state index in [1.54, 1.807) is 0 Å². The van der Waals surface area contributed by atoms with Crippen LogP contribution in [0.5, 0.6) is 0 Å². The number of amides is 1. The molecule has 6 nitrogen and oxygen atoms in total. The lowest BCUT2D eigenvalue weighted by atomic mass is 9.49. The fourth-order valence-corrected chi connectivity index (χ4v) is 9.55. The first-order valence-electron chi connectivity index (χ1n) is 10.1. The first-order valence-corrected chi connectivity index (χ1v) is 12.9. The molecule has 0 aromatic heterocycles. The second-order valence-corrected chi connectivity index (χ2v) is 12.7. The van der Waals surface area contributed by atoms with E-state index in [0.717, 1.165) is 17.8 Å². The van der Waals surface area contributed by atoms with Crippen LogP contribution in [0.4, 0.5) is 0 Å². The second kappa shape index (κ2) is 7.58. The van der Waals surface area contributed by atoms with E-state index >= 15 is 0 Å². The van der Waals surface area contributed by atoms with Crippen molar-refractivity contribution in [3.05, 3.63) is 0 Å². The summed E-state index contributed by atoms with van der Waals surface area (Å²) in [5.41, 5.74) is 0.276. The highest BCUT2D eigenvalue weighted by Gasteiger charge is 2.50. The number of sulfone groups is 1. The number of nitrogens with one attached hydrogen (secondary N) is 1. The maximum Gasteiger partial charge on any atom is 0.316 e. The summed E-state index contributed by atoms with van der Waals surface area (Å²) in [7, 11) is -2.93. The molecule has 4 aliphatic carbocycles. The van der Waals surface area contributed by atoms with E-state index in [4.69, 9.17) is 4.74 Å². The lowest BCUT2D eigenvalue weighted by molar-refractivity contribution is -0.146. The molecule has 0 spiro atoms. The van der Waals surface area contributed by atoms with Gasteiger partial charge in [-0.15, -0.1) is 11.8 Å². The molecule has 5 aliphatic rings. The summed E-state index contributed by atoms with van der Waals surface area (Å²) in [5, 5.41) is 2.97. The van der Waals surface area contributed by atoms with Gasteiger partial charge in [0.1, 0.15) is 0 Å². The lowest BCUT2D eigenvalue weighted by Crippen LogP contribution is -2.51. The Morgan fingerprint density at radius 1 is 1.07 bits per heavy atom. The van der Waals surface area contributed by atoms with Crippen molar-refractivity contribution in [3.63, 3.8) is 0 Å². The molecule has 1 amide bonds. The van der Waals surface area contributed by atoms with Crippen LogP contribution in [0.3, 0.4) is 0 Å². The third-order valence-corrected chi connectivity index (χ3v) is 10.1. The number of thioether (sulfide) groups is 1. The number of esters is 1. The van der Waals surface area contributed by atoms with Crippen molar-refractivity contribution >= 4 is 33.5 Å². The summed E-state index contributed by atoms with van der Waals surface area (Å²) in [6.07, 6.45) is 8.44. The van der Waals surface area contributed by atoms with Gasteiger partial charge >= 0.3 is 5.97 Å². The number of hydrogen-bond donors (Lipinski definition) is 1. The predicted molar refractivity (Wildman–Crippen MR) is 104 cm³/mol. The van der Waals surface area contributed by atoms with Crippen LogP contribution in [0.15, 0.2) is 0 Å². The second-order valence-electron chi connectivity index (χ2n) is 9.19. The molecule has 1 saturated heterocycles. The Labute approximate surface area is 165 Å². The summed E-state index contributed by atoms with van der Waals surface area (Å²) in [4.78, 5) is 23.9. The standard InChI is InChI=1S/C19H29NO5S2/c21-17(9-25-18(22)10-26-16-1-2-27(23,24)11-16)20-12-19-6-13-3-14(7-19)5-15(4-13)8-19/h13-16H,1-12H2,(H,20,21)/t13?,14?,15?,16-,19?/m0/s1. The minimum Gasteiger partial charge on any atom is -0.455 e. The molecule has 0 aromatic carbocycles. The molecule has 0 aromatic rings. The highest BCUT2D eigenvalue weighted by molar-refractivity contribution is 8.02. The fraction of sp³-hybridized carbons (Fsp3) is 0.895. The first kappa shape index (κ1) is 19.6. The van der Waals surface area contributed by atoms with Crippen molar-refractivity contribution in [2.45, 2.75) is 50.2 Å². The number of hydrogen-bond acceptors (Lipinski definition) is 6. The summed E-state index contributed by atoms with van der Waals surface area (Å²) < 4.78 is 27.9. The van der Waals surface area contributed by atoms with Gasteiger partial charge in [-0.2, -0.15) is 0 Å². The van der Waals surface area contributed by atoms with Gasteiger partial charge in [0.2, 0.25) is 0 Å². The molecule has 1 heterocycles. The van der Waals surface area contributed by atoms with Crippen molar-refractivity contribution < 1.29 is 22.7 Å². The zero-order chi connectivity index (χ0) is 19.1. The number of carbonyl (C=O) groups excluding carboxylic acids is 2. The zero-order valence-corrected chi connectivity index (χ0v) is 17.3. The van der Waals surface area contributed by atoms with Crippen LogP contribution < -0.4 is 5.32 Å². The third-order valence-electron chi connectivity index (χ3n) is 6.82. The Hall–Kier alpha value is -0.760. The van der Waals surface area contributed by atoms with Crippen LogP contribution in [0.25, 0.3) is 0 Å². The van der Waals surface area contributed by atoms with E-state index < -0.39 is 15.8 Å². The highest BCUT2D eigenvalue weighted by atomic mass is 32.2. The van der Waals surface area contributed by atoms with E-state index in [1.165, 1.54) is 50.3 Å².